The van der Waals surface area contributed by atoms with Crippen molar-refractivity contribution in [3.8, 4) is 0 Å². The van der Waals surface area contributed by atoms with Gasteiger partial charge in [-0.2, -0.15) is 0 Å². The minimum Gasteiger partial charge on any atom is -0.389 e. The lowest BCUT2D eigenvalue weighted by molar-refractivity contribution is -0.140. The van der Waals surface area contributed by atoms with Crippen molar-refractivity contribution in [3.05, 3.63) is 46.5 Å². The lowest BCUT2D eigenvalue weighted by Gasteiger charge is -2.03. The third-order valence-corrected chi connectivity index (χ3v) is 3.92. The van der Waals surface area contributed by atoms with Gasteiger partial charge in [-0.1, -0.05) is 55.2 Å². The van der Waals surface area contributed by atoms with Gasteiger partial charge in [0.15, 0.2) is 0 Å². The third-order valence-electron chi connectivity index (χ3n) is 3.67. The highest BCUT2D eigenvalue weighted by Crippen LogP contribution is 2.60. The number of rotatable bonds is 3. The first-order valence-corrected chi connectivity index (χ1v) is 6.93. The summed E-state index contributed by atoms with van der Waals surface area (Å²) in [6.45, 7) is 3.81. The number of halogens is 2. The monoisotopic (exact) mass is 312 g/mol. The van der Waals surface area contributed by atoms with Gasteiger partial charge >= 0.3 is 11.9 Å². The fourth-order valence-corrected chi connectivity index (χ4v) is 2.63. The maximum absolute atomic E-state index is 12.0. The van der Waals surface area contributed by atoms with Gasteiger partial charge in [0.1, 0.15) is 4.49 Å². The maximum atomic E-state index is 12.0. The van der Waals surface area contributed by atoms with Crippen molar-refractivity contribution in [2.75, 3.05) is 0 Å². The van der Waals surface area contributed by atoms with E-state index in [2.05, 4.69) is 0 Å². The Labute approximate surface area is 127 Å². The van der Waals surface area contributed by atoms with Crippen LogP contribution in [0.25, 0.3) is 0 Å². The summed E-state index contributed by atoms with van der Waals surface area (Å²) in [7, 11) is 0. The summed E-state index contributed by atoms with van der Waals surface area (Å²) in [5.74, 6) is -1.69. The number of carbonyl (C=O) groups is 2. The van der Waals surface area contributed by atoms with Crippen molar-refractivity contribution in [2.45, 2.75) is 13.8 Å². The zero-order valence-corrected chi connectivity index (χ0v) is 12.6. The summed E-state index contributed by atoms with van der Waals surface area (Å²) in [5.41, 5.74) is 0.0464. The SMILES string of the molecule is CC1(C)[C@H](C(=O)OC(=O)c2ccccc2)[C@@H]1C=C(Cl)Cl. The molecular formula is C15H14Cl2O3. The van der Waals surface area contributed by atoms with Crippen LogP contribution in [0.2, 0.25) is 0 Å². The number of allylic oxidation sites excluding steroid dienone is 1. The molecule has 20 heavy (non-hydrogen) atoms. The molecule has 1 aliphatic carbocycles. The van der Waals surface area contributed by atoms with Gasteiger partial charge in [0.2, 0.25) is 0 Å². The van der Waals surface area contributed by atoms with Crippen LogP contribution in [-0.2, 0) is 9.53 Å². The summed E-state index contributed by atoms with van der Waals surface area (Å²) < 4.78 is 5.03. The molecule has 0 aromatic heterocycles. The molecule has 1 fully saturated rings. The van der Waals surface area contributed by atoms with E-state index in [1.165, 1.54) is 0 Å². The predicted molar refractivity (Wildman–Crippen MR) is 77.4 cm³/mol. The molecule has 0 heterocycles. The molecule has 106 valence electrons. The lowest BCUT2D eigenvalue weighted by Crippen LogP contribution is -2.16. The molecule has 1 saturated carbocycles. The molecule has 1 aromatic carbocycles. The van der Waals surface area contributed by atoms with Crippen LogP contribution in [0.15, 0.2) is 40.9 Å². The van der Waals surface area contributed by atoms with Crippen molar-refractivity contribution in [3.63, 3.8) is 0 Å². The van der Waals surface area contributed by atoms with Crippen molar-refractivity contribution < 1.29 is 14.3 Å². The molecule has 1 aliphatic rings. The van der Waals surface area contributed by atoms with Crippen LogP contribution in [0.4, 0.5) is 0 Å². The van der Waals surface area contributed by atoms with E-state index >= 15 is 0 Å². The molecule has 2 atom stereocenters. The van der Waals surface area contributed by atoms with Crippen molar-refractivity contribution in [2.24, 2.45) is 17.3 Å². The van der Waals surface area contributed by atoms with E-state index in [0.717, 1.165) is 0 Å². The molecule has 0 spiro atoms. The van der Waals surface area contributed by atoms with Gasteiger partial charge in [0.25, 0.3) is 0 Å². The fraction of sp³-hybridized carbons (Fsp3) is 0.333. The first kappa shape index (κ1) is 15.1. The van der Waals surface area contributed by atoms with Crippen LogP contribution in [0.1, 0.15) is 24.2 Å². The van der Waals surface area contributed by atoms with Gasteiger partial charge in [-0.25, -0.2) is 4.79 Å². The minimum absolute atomic E-state index is 0.108. The molecule has 0 saturated heterocycles. The second-order valence-electron chi connectivity index (χ2n) is 5.36. The largest absolute Gasteiger partial charge is 0.389 e. The van der Waals surface area contributed by atoms with Crippen LogP contribution in [0.3, 0.4) is 0 Å². The second-order valence-corrected chi connectivity index (χ2v) is 6.36. The Morgan fingerprint density at radius 2 is 1.80 bits per heavy atom. The third kappa shape index (κ3) is 3.05. The Morgan fingerprint density at radius 1 is 1.20 bits per heavy atom. The van der Waals surface area contributed by atoms with E-state index in [0.29, 0.717) is 5.56 Å². The first-order valence-electron chi connectivity index (χ1n) is 6.18. The molecule has 2 rings (SSSR count). The Bertz CT molecular complexity index is 560. The molecule has 0 N–H and O–H groups in total. The van der Waals surface area contributed by atoms with Gasteiger partial charge in [0, 0.05) is 0 Å². The van der Waals surface area contributed by atoms with Crippen LogP contribution < -0.4 is 0 Å². The minimum atomic E-state index is -0.641. The van der Waals surface area contributed by atoms with Crippen molar-refractivity contribution in [1.82, 2.24) is 0 Å². The maximum Gasteiger partial charge on any atom is 0.345 e. The molecule has 3 nitrogen and oxygen atoms in total. The van der Waals surface area contributed by atoms with E-state index in [-0.39, 0.29) is 15.8 Å². The standard InChI is InChI=1S/C15H14Cl2O3/c1-15(2)10(8-11(16)17)12(15)14(19)20-13(18)9-6-4-3-5-7-9/h3-8,10,12H,1-2H3/t10-,12-/m0/s1. The first-order chi connectivity index (χ1) is 9.34. The van der Waals surface area contributed by atoms with E-state index in [4.69, 9.17) is 27.9 Å². The Balaban J connectivity index is 2.04. The smallest absolute Gasteiger partial charge is 0.345 e. The second kappa shape index (κ2) is 5.58. The molecule has 0 aliphatic heterocycles. The Morgan fingerprint density at radius 3 is 2.35 bits per heavy atom. The summed E-state index contributed by atoms with van der Waals surface area (Å²) >= 11 is 11.2. The zero-order valence-electron chi connectivity index (χ0n) is 11.1. The van der Waals surface area contributed by atoms with Crippen LogP contribution >= 0.6 is 23.2 Å². The summed E-state index contributed by atoms with van der Waals surface area (Å²) in [6, 6.07) is 8.40. The molecular weight excluding hydrogens is 299 g/mol. The zero-order chi connectivity index (χ0) is 14.9. The van der Waals surface area contributed by atoms with Crippen molar-refractivity contribution >= 4 is 35.1 Å². The normalized spacial score (nSPS) is 22.8. The van der Waals surface area contributed by atoms with E-state index in [9.17, 15) is 9.59 Å². The quantitative estimate of drug-likeness (QED) is 0.626. The summed E-state index contributed by atoms with van der Waals surface area (Å²) in [5, 5.41) is 0. The molecule has 5 heteroatoms. The number of carbonyl (C=O) groups excluding carboxylic acids is 2. The number of ether oxygens (including phenoxy) is 1. The summed E-state index contributed by atoms with van der Waals surface area (Å²) in [4.78, 5) is 23.9. The highest BCUT2D eigenvalue weighted by atomic mass is 35.5. The molecule has 1 aromatic rings. The number of hydrogen-bond acceptors (Lipinski definition) is 3. The highest BCUT2D eigenvalue weighted by Gasteiger charge is 2.62. The molecule has 0 bridgehead atoms. The predicted octanol–water partition coefficient (Wildman–Crippen LogP) is 3.96. The fourth-order valence-electron chi connectivity index (χ4n) is 2.36. The average molecular weight is 313 g/mol. The molecule has 0 radical (unpaired) electrons. The highest BCUT2D eigenvalue weighted by molar-refractivity contribution is 6.55. The molecule has 0 unspecified atom stereocenters. The van der Waals surface area contributed by atoms with Gasteiger partial charge < -0.3 is 4.74 Å². The van der Waals surface area contributed by atoms with Gasteiger partial charge in [-0.05, 0) is 29.5 Å². The average Bonchev–Trinajstić information content (AvgIpc) is 2.91. The lowest BCUT2D eigenvalue weighted by atomic mass is 10.1. The van der Waals surface area contributed by atoms with E-state index < -0.39 is 17.9 Å². The van der Waals surface area contributed by atoms with E-state index in [1.807, 2.05) is 13.8 Å². The Kier molecular flexibility index (Phi) is 4.21. The van der Waals surface area contributed by atoms with Crippen LogP contribution in [-0.4, -0.2) is 11.9 Å². The van der Waals surface area contributed by atoms with Crippen LogP contribution in [0.5, 0.6) is 0 Å². The number of esters is 2. The number of hydrogen-bond donors (Lipinski definition) is 0. The van der Waals surface area contributed by atoms with Crippen molar-refractivity contribution in [1.29, 1.82) is 0 Å². The van der Waals surface area contributed by atoms with Crippen LogP contribution in [0, 0.1) is 17.3 Å². The van der Waals surface area contributed by atoms with Gasteiger partial charge in [-0.3, -0.25) is 4.79 Å². The van der Waals surface area contributed by atoms with E-state index in [1.54, 1.807) is 36.4 Å². The van der Waals surface area contributed by atoms with Gasteiger partial charge in [0.05, 0.1) is 11.5 Å². The summed E-state index contributed by atoms with van der Waals surface area (Å²) in [6.07, 6.45) is 1.61. The van der Waals surface area contributed by atoms with Gasteiger partial charge in [-0.15, -0.1) is 0 Å². The topological polar surface area (TPSA) is 43.4 Å². The Hall–Kier alpha value is -1.32. The molecule has 0 amide bonds. The number of benzene rings is 1.